The standard InChI is InChI=1S/C19H38O3/c1-7-9-11-13-15-17(21-6)16(14-12-10-8-2)18(20)22-19(3,4)5/h16-17H,7-15H2,1-6H3. The average molecular weight is 315 g/mol. The summed E-state index contributed by atoms with van der Waals surface area (Å²) < 4.78 is 11.3. The summed E-state index contributed by atoms with van der Waals surface area (Å²) in [4.78, 5) is 12.5. The smallest absolute Gasteiger partial charge is 0.312 e. The molecule has 0 aliphatic carbocycles. The minimum atomic E-state index is -0.430. The highest BCUT2D eigenvalue weighted by Gasteiger charge is 2.31. The average Bonchev–Trinajstić information content (AvgIpc) is 2.43. The van der Waals surface area contributed by atoms with Crippen LogP contribution >= 0.6 is 0 Å². The van der Waals surface area contributed by atoms with Gasteiger partial charge in [0.15, 0.2) is 0 Å². The van der Waals surface area contributed by atoms with Gasteiger partial charge >= 0.3 is 5.97 Å². The Morgan fingerprint density at radius 2 is 1.45 bits per heavy atom. The Balaban J connectivity index is 4.65. The van der Waals surface area contributed by atoms with Crippen molar-refractivity contribution in [2.24, 2.45) is 5.92 Å². The highest BCUT2D eigenvalue weighted by molar-refractivity contribution is 5.73. The zero-order chi connectivity index (χ0) is 17.0. The lowest BCUT2D eigenvalue weighted by atomic mass is 9.91. The predicted molar refractivity (Wildman–Crippen MR) is 93.0 cm³/mol. The molecule has 0 saturated heterocycles. The lowest BCUT2D eigenvalue weighted by Crippen LogP contribution is -2.36. The molecule has 0 aromatic rings. The van der Waals surface area contributed by atoms with Crippen molar-refractivity contribution in [3.05, 3.63) is 0 Å². The van der Waals surface area contributed by atoms with Crippen molar-refractivity contribution in [1.29, 1.82) is 0 Å². The maximum atomic E-state index is 12.5. The van der Waals surface area contributed by atoms with Gasteiger partial charge in [-0.05, 0) is 33.6 Å². The van der Waals surface area contributed by atoms with E-state index in [1.165, 1.54) is 19.3 Å². The van der Waals surface area contributed by atoms with E-state index < -0.39 is 5.60 Å². The quantitative estimate of drug-likeness (QED) is 0.352. The molecule has 3 nitrogen and oxygen atoms in total. The molecule has 0 bridgehead atoms. The summed E-state index contributed by atoms with van der Waals surface area (Å²) in [5.74, 6) is -0.219. The van der Waals surface area contributed by atoms with E-state index in [4.69, 9.17) is 9.47 Å². The second-order valence-corrected chi connectivity index (χ2v) is 7.26. The van der Waals surface area contributed by atoms with Crippen LogP contribution in [-0.4, -0.2) is 24.8 Å². The highest BCUT2D eigenvalue weighted by atomic mass is 16.6. The molecule has 132 valence electrons. The fraction of sp³-hybridized carbons (Fsp3) is 0.947. The first-order chi connectivity index (χ1) is 10.4. The summed E-state index contributed by atoms with van der Waals surface area (Å²) in [6.45, 7) is 10.2. The fourth-order valence-corrected chi connectivity index (χ4v) is 2.70. The van der Waals surface area contributed by atoms with Crippen LogP contribution in [-0.2, 0) is 14.3 Å². The van der Waals surface area contributed by atoms with Gasteiger partial charge in [0.1, 0.15) is 5.60 Å². The van der Waals surface area contributed by atoms with Crippen LogP contribution in [0.25, 0.3) is 0 Å². The first-order valence-corrected chi connectivity index (χ1v) is 9.11. The van der Waals surface area contributed by atoms with Gasteiger partial charge in [-0.3, -0.25) is 4.79 Å². The third kappa shape index (κ3) is 10.2. The lowest BCUT2D eigenvalue weighted by Gasteiger charge is -2.28. The molecule has 0 radical (unpaired) electrons. The van der Waals surface area contributed by atoms with E-state index in [9.17, 15) is 4.79 Å². The molecule has 2 unspecified atom stereocenters. The molecule has 0 amide bonds. The van der Waals surface area contributed by atoms with Crippen molar-refractivity contribution in [3.8, 4) is 0 Å². The van der Waals surface area contributed by atoms with Gasteiger partial charge in [-0.15, -0.1) is 0 Å². The van der Waals surface area contributed by atoms with E-state index in [-0.39, 0.29) is 18.0 Å². The summed E-state index contributed by atoms with van der Waals surface area (Å²) in [5.41, 5.74) is -0.430. The Hall–Kier alpha value is -0.570. The van der Waals surface area contributed by atoms with Crippen LogP contribution in [0.15, 0.2) is 0 Å². The number of hydrogen-bond donors (Lipinski definition) is 0. The molecule has 0 aliphatic heterocycles. The molecular weight excluding hydrogens is 276 g/mol. The van der Waals surface area contributed by atoms with Crippen molar-refractivity contribution in [2.75, 3.05) is 7.11 Å². The Labute approximate surface area is 138 Å². The van der Waals surface area contributed by atoms with Gasteiger partial charge < -0.3 is 9.47 Å². The Bertz CT molecular complexity index is 281. The van der Waals surface area contributed by atoms with Crippen LogP contribution in [0.1, 0.15) is 92.4 Å². The van der Waals surface area contributed by atoms with Gasteiger partial charge in [-0.2, -0.15) is 0 Å². The molecule has 0 rings (SSSR count). The normalized spacial score (nSPS) is 14.6. The maximum Gasteiger partial charge on any atom is 0.312 e. The van der Waals surface area contributed by atoms with E-state index in [0.29, 0.717) is 0 Å². The Morgan fingerprint density at radius 1 is 0.909 bits per heavy atom. The minimum Gasteiger partial charge on any atom is -0.460 e. The van der Waals surface area contributed by atoms with Gasteiger partial charge in [0.05, 0.1) is 12.0 Å². The molecule has 3 heteroatoms. The summed E-state index contributed by atoms with van der Waals surface area (Å²) in [6, 6.07) is 0. The molecule has 0 saturated carbocycles. The van der Waals surface area contributed by atoms with Crippen molar-refractivity contribution < 1.29 is 14.3 Å². The number of methoxy groups -OCH3 is 1. The Kier molecular flexibility index (Phi) is 11.6. The SMILES string of the molecule is CCCCCCC(OC)C(CCCCC)C(=O)OC(C)(C)C. The van der Waals surface area contributed by atoms with Crippen LogP contribution in [0.4, 0.5) is 0 Å². The van der Waals surface area contributed by atoms with Crippen molar-refractivity contribution in [1.82, 2.24) is 0 Å². The largest absolute Gasteiger partial charge is 0.460 e. The molecule has 0 aliphatic rings. The number of unbranched alkanes of at least 4 members (excludes halogenated alkanes) is 5. The van der Waals surface area contributed by atoms with Crippen LogP contribution in [0.3, 0.4) is 0 Å². The van der Waals surface area contributed by atoms with E-state index in [1.54, 1.807) is 7.11 Å². The number of esters is 1. The van der Waals surface area contributed by atoms with Crippen molar-refractivity contribution in [2.45, 2.75) is 104 Å². The number of hydrogen-bond acceptors (Lipinski definition) is 3. The number of ether oxygens (including phenoxy) is 2. The third-order valence-electron chi connectivity index (χ3n) is 3.92. The van der Waals surface area contributed by atoms with Gasteiger partial charge in [-0.25, -0.2) is 0 Å². The number of rotatable bonds is 12. The van der Waals surface area contributed by atoms with E-state index in [0.717, 1.165) is 38.5 Å². The topological polar surface area (TPSA) is 35.5 Å². The van der Waals surface area contributed by atoms with Gasteiger partial charge in [0.2, 0.25) is 0 Å². The first-order valence-electron chi connectivity index (χ1n) is 9.11. The molecular formula is C19H38O3. The van der Waals surface area contributed by atoms with Crippen LogP contribution in [0.2, 0.25) is 0 Å². The number of carbonyl (C=O) groups excluding carboxylic acids is 1. The minimum absolute atomic E-state index is 0.0106. The van der Waals surface area contributed by atoms with E-state index >= 15 is 0 Å². The highest BCUT2D eigenvalue weighted by Crippen LogP contribution is 2.24. The van der Waals surface area contributed by atoms with E-state index in [1.807, 2.05) is 20.8 Å². The molecule has 0 aromatic heterocycles. The van der Waals surface area contributed by atoms with Crippen molar-refractivity contribution >= 4 is 5.97 Å². The summed E-state index contributed by atoms with van der Waals surface area (Å²) in [7, 11) is 1.72. The van der Waals surface area contributed by atoms with Gasteiger partial charge in [0.25, 0.3) is 0 Å². The Morgan fingerprint density at radius 3 is 1.95 bits per heavy atom. The monoisotopic (exact) mass is 314 g/mol. The summed E-state index contributed by atoms with van der Waals surface area (Å²) >= 11 is 0. The van der Waals surface area contributed by atoms with Gasteiger partial charge in [-0.1, -0.05) is 58.8 Å². The van der Waals surface area contributed by atoms with Gasteiger partial charge in [0, 0.05) is 7.11 Å². The van der Waals surface area contributed by atoms with E-state index in [2.05, 4.69) is 13.8 Å². The number of carbonyl (C=O) groups is 1. The molecule has 22 heavy (non-hydrogen) atoms. The molecule has 0 fully saturated rings. The van der Waals surface area contributed by atoms with Crippen molar-refractivity contribution in [3.63, 3.8) is 0 Å². The molecule has 0 N–H and O–H groups in total. The zero-order valence-electron chi connectivity index (χ0n) is 15.7. The molecule has 2 atom stereocenters. The van der Waals surface area contributed by atoms with Crippen LogP contribution in [0, 0.1) is 5.92 Å². The predicted octanol–water partition coefficient (Wildman–Crippen LogP) is 5.51. The summed E-state index contributed by atoms with van der Waals surface area (Å²) in [6.07, 6.45) is 10.0. The first kappa shape index (κ1) is 21.4. The summed E-state index contributed by atoms with van der Waals surface area (Å²) in [5, 5.41) is 0. The lowest BCUT2D eigenvalue weighted by molar-refractivity contribution is -0.165. The second-order valence-electron chi connectivity index (χ2n) is 7.26. The maximum absolute atomic E-state index is 12.5. The third-order valence-corrected chi connectivity index (χ3v) is 3.92. The van der Waals surface area contributed by atoms with Crippen LogP contribution < -0.4 is 0 Å². The zero-order valence-corrected chi connectivity index (χ0v) is 15.7. The molecule has 0 spiro atoms. The van der Waals surface area contributed by atoms with Crippen LogP contribution in [0.5, 0.6) is 0 Å². The molecule has 0 aromatic carbocycles. The fourth-order valence-electron chi connectivity index (χ4n) is 2.70. The second kappa shape index (κ2) is 11.9. The molecule has 0 heterocycles.